The molecule has 0 radical (unpaired) electrons. The quantitative estimate of drug-likeness (QED) is 0.780. The van der Waals surface area contributed by atoms with Crippen LogP contribution >= 0.6 is 11.3 Å². The molecule has 2 aliphatic rings. The minimum atomic E-state index is -0.0504. The van der Waals surface area contributed by atoms with E-state index in [-0.39, 0.29) is 11.8 Å². The zero-order valence-corrected chi connectivity index (χ0v) is 16.2. The number of rotatable bonds is 3. The Balaban J connectivity index is 1.36. The molecule has 2 amide bonds. The number of anilines is 2. The van der Waals surface area contributed by atoms with E-state index < -0.39 is 0 Å². The molecule has 8 heteroatoms. The Morgan fingerprint density at radius 3 is 2.86 bits per heavy atom. The third-order valence-electron chi connectivity index (χ3n) is 4.75. The Kier molecular flexibility index (Phi) is 5.48. The smallest absolute Gasteiger partial charge is 0.246 e. The molecule has 1 fully saturated rings. The molecule has 0 aromatic carbocycles. The van der Waals surface area contributed by atoms with Gasteiger partial charge >= 0.3 is 0 Å². The molecule has 2 aliphatic heterocycles. The molecule has 7 nitrogen and oxygen atoms in total. The third kappa shape index (κ3) is 4.45. The average Bonchev–Trinajstić information content (AvgIpc) is 3.14. The van der Waals surface area contributed by atoms with Crippen LogP contribution in [0.3, 0.4) is 0 Å². The predicted molar refractivity (Wildman–Crippen MR) is 111 cm³/mol. The molecule has 1 saturated heterocycles. The van der Waals surface area contributed by atoms with Gasteiger partial charge in [0.25, 0.3) is 0 Å². The first-order chi connectivity index (χ1) is 13.7. The van der Waals surface area contributed by atoms with Gasteiger partial charge in [-0.25, -0.2) is 9.97 Å². The summed E-state index contributed by atoms with van der Waals surface area (Å²) in [5.41, 5.74) is 2.93. The number of nitrogens with one attached hydrogen (secondary N) is 2. The SMILES string of the molecule is O=C1CCNc2cc(C=CC(=O)N3CCC(=Cc4nccs4)CC3)cnc2N1. The van der Waals surface area contributed by atoms with E-state index >= 15 is 0 Å². The van der Waals surface area contributed by atoms with E-state index in [4.69, 9.17) is 0 Å². The van der Waals surface area contributed by atoms with Crippen molar-refractivity contribution < 1.29 is 9.59 Å². The van der Waals surface area contributed by atoms with Crippen molar-refractivity contribution in [3.8, 4) is 0 Å². The van der Waals surface area contributed by atoms with Gasteiger partial charge in [-0.2, -0.15) is 0 Å². The highest BCUT2D eigenvalue weighted by Gasteiger charge is 2.18. The number of likely N-dealkylation sites (tertiary alicyclic amines) is 1. The lowest BCUT2D eigenvalue weighted by Gasteiger charge is -2.27. The number of aromatic nitrogens is 2. The Bertz CT molecular complexity index is 926. The molecule has 4 heterocycles. The minimum Gasteiger partial charge on any atom is -0.382 e. The summed E-state index contributed by atoms with van der Waals surface area (Å²) in [5, 5.41) is 8.94. The van der Waals surface area contributed by atoms with Gasteiger partial charge < -0.3 is 15.5 Å². The Morgan fingerprint density at radius 1 is 1.21 bits per heavy atom. The van der Waals surface area contributed by atoms with Crippen molar-refractivity contribution >= 4 is 46.8 Å². The zero-order valence-electron chi connectivity index (χ0n) is 15.4. The molecule has 4 rings (SSSR count). The molecule has 2 aromatic heterocycles. The second-order valence-corrected chi connectivity index (χ2v) is 7.65. The highest BCUT2D eigenvalue weighted by molar-refractivity contribution is 7.10. The van der Waals surface area contributed by atoms with Crippen LogP contribution in [0.15, 0.2) is 35.5 Å². The van der Waals surface area contributed by atoms with Crippen molar-refractivity contribution in [1.29, 1.82) is 0 Å². The maximum absolute atomic E-state index is 12.5. The lowest BCUT2D eigenvalue weighted by Crippen LogP contribution is -2.35. The van der Waals surface area contributed by atoms with Crippen LogP contribution in [-0.4, -0.2) is 46.3 Å². The van der Waals surface area contributed by atoms with Gasteiger partial charge in [0.05, 0.1) is 5.69 Å². The maximum atomic E-state index is 12.5. The van der Waals surface area contributed by atoms with Gasteiger partial charge in [-0.15, -0.1) is 11.3 Å². The fraction of sp³-hybridized carbons (Fsp3) is 0.300. The van der Waals surface area contributed by atoms with Crippen LogP contribution in [0.1, 0.15) is 29.8 Å². The van der Waals surface area contributed by atoms with Gasteiger partial charge in [-0.3, -0.25) is 9.59 Å². The summed E-state index contributed by atoms with van der Waals surface area (Å²) < 4.78 is 0. The Hall–Kier alpha value is -3.00. The predicted octanol–water partition coefficient (Wildman–Crippen LogP) is 3.01. The van der Waals surface area contributed by atoms with Crippen LogP contribution in [0.25, 0.3) is 12.2 Å². The van der Waals surface area contributed by atoms with Crippen LogP contribution in [0.4, 0.5) is 11.5 Å². The molecule has 2 aromatic rings. The molecular weight excluding hydrogens is 374 g/mol. The topological polar surface area (TPSA) is 87.2 Å². The number of thiazole rings is 1. The van der Waals surface area contributed by atoms with Crippen LogP contribution in [0.5, 0.6) is 0 Å². The van der Waals surface area contributed by atoms with Crippen molar-refractivity contribution in [2.45, 2.75) is 19.3 Å². The standard InChI is InChI=1S/C20H21N5O2S/c26-17-3-6-21-16-11-15(13-23-20(16)24-17)1-2-19(27)25-8-4-14(5-9-25)12-18-22-7-10-28-18/h1-2,7,10-13,21H,3-6,8-9H2,(H,23,24,26). The van der Waals surface area contributed by atoms with E-state index in [2.05, 4.69) is 26.7 Å². The molecule has 28 heavy (non-hydrogen) atoms. The number of carbonyl (C=O) groups excluding carboxylic acids is 2. The van der Waals surface area contributed by atoms with E-state index in [9.17, 15) is 9.59 Å². The first-order valence-electron chi connectivity index (χ1n) is 9.27. The van der Waals surface area contributed by atoms with E-state index in [0.717, 1.165) is 42.2 Å². The summed E-state index contributed by atoms with van der Waals surface area (Å²) in [6.45, 7) is 2.00. The zero-order chi connectivity index (χ0) is 19.3. The molecule has 0 bridgehead atoms. The summed E-state index contributed by atoms with van der Waals surface area (Å²) >= 11 is 1.63. The molecule has 2 N–H and O–H groups in total. The van der Waals surface area contributed by atoms with Crippen molar-refractivity contribution in [1.82, 2.24) is 14.9 Å². The van der Waals surface area contributed by atoms with E-state index in [0.29, 0.717) is 18.8 Å². The Labute approximate surface area is 167 Å². The summed E-state index contributed by atoms with van der Waals surface area (Å²) in [5.74, 6) is 0.483. The molecule has 144 valence electrons. The van der Waals surface area contributed by atoms with Gasteiger partial charge in [0, 0.05) is 49.9 Å². The normalized spacial score (nSPS) is 16.9. The number of carbonyl (C=O) groups is 2. The van der Waals surface area contributed by atoms with Gasteiger partial charge in [0.1, 0.15) is 5.01 Å². The van der Waals surface area contributed by atoms with Gasteiger partial charge in [0.2, 0.25) is 11.8 Å². The summed E-state index contributed by atoms with van der Waals surface area (Å²) in [6, 6.07) is 1.89. The number of piperidine rings is 1. The van der Waals surface area contributed by atoms with Crippen molar-refractivity contribution in [3.63, 3.8) is 0 Å². The first kappa shape index (κ1) is 18.4. The molecule has 0 unspecified atom stereocenters. The van der Waals surface area contributed by atoms with E-state index in [1.54, 1.807) is 35.9 Å². The van der Waals surface area contributed by atoms with Crippen LogP contribution in [-0.2, 0) is 9.59 Å². The van der Waals surface area contributed by atoms with Crippen molar-refractivity contribution in [2.75, 3.05) is 30.3 Å². The van der Waals surface area contributed by atoms with Crippen LogP contribution < -0.4 is 10.6 Å². The molecule has 0 spiro atoms. The highest BCUT2D eigenvalue weighted by atomic mass is 32.1. The van der Waals surface area contributed by atoms with Crippen molar-refractivity contribution in [3.05, 3.63) is 46.1 Å². The van der Waals surface area contributed by atoms with Crippen molar-refractivity contribution in [2.24, 2.45) is 0 Å². The van der Waals surface area contributed by atoms with Gasteiger partial charge in [-0.05, 0) is 36.6 Å². The maximum Gasteiger partial charge on any atom is 0.246 e. The fourth-order valence-electron chi connectivity index (χ4n) is 3.22. The minimum absolute atomic E-state index is 0.00417. The third-order valence-corrected chi connectivity index (χ3v) is 5.47. The number of hydrogen-bond donors (Lipinski definition) is 2. The second kappa shape index (κ2) is 8.35. The molecule has 0 aliphatic carbocycles. The monoisotopic (exact) mass is 395 g/mol. The van der Waals surface area contributed by atoms with Crippen LogP contribution in [0.2, 0.25) is 0 Å². The molecular formula is C20H21N5O2S. The lowest BCUT2D eigenvalue weighted by molar-refractivity contribution is -0.126. The number of nitrogens with zero attached hydrogens (tertiary/aromatic N) is 3. The highest BCUT2D eigenvalue weighted by Crippen LogP contribution is 2.24. The number of amides is 2. The Morgan fingerprint density at radius 2 is 2.07 bits per heavy atom. The average molecular weight is 395 g/mol. The number of hydrogen-bond acceptors (Lipinski definition) is 6. The fourth-order valence-corrected chi connectivity index (χ4v) is 3.84. The number of fused-ring (bicyclic) bond motifs is 1. The molecule has 0 saturated carbocycles. The van der Waals surface area contributed by atoms with Gasteiger partial charge in [-0.1, -0.05) is 5.57 Å². The first-order valence-corrected chi connectivity index (χ1v) is 10.1. The van der Waals surface area contributed by atoms with E-state index in [1.165, 1.54) is 5.57 Å². The van der Waals surface area contributed by atoms with Crippen LogP contribution in [0, 0.1) is 0 Å². The second-order valence-electron chi connectivity index (χ2n) is 6.72. The lowest BCUT2D eigenvalue weighted by atomic mass is 10.0. The largest absolute Gasteiger partial charge is 0.382 e. The van der Waals surface area contributed by atoms with Gasteiger partial charge in [0.15, 0.2) is 5.82 Å². The summed E-state index contributed by atoms with van der Waals surface area (Å²) in [6.07, 6.45) is 11.1. The summed E-state index contributed by atoms with van der Waals surface area (Å²) in [4.78, 5) is 34.5. The summed E-state index contributed by atoms with van der Waals surface area (Å²) in [7, 11) is 0. The molecule has 0 atom stereocenters. The number of pyridine rings is 1. The van der Waals surface area contributed by atoms with E-state index in [1.807, 2.05) is 16.3 Å².